The van der Waals surface area contributed by atoms with Crippen LogP contribution in [0.4, 0.5) is 0 Å². The summed E-state index contributed by atoms with van der Waals surface area (Å²) in [4.78, 5) is 0. The molecule has 2 rings (SSSR count). The molecular weight excluding hydrogens is 264 g/mol. The van der Waals surface area contributed by atoms with Crippen LogP contribution in [-0.4, -0.2) is 18.3 Å². The monoisotopic (exact) mass is 286 g/mol. The molecule has 0 amide bonds. The third-order valence-corrected chi connectivity index (χ3v) is 3.29. The molecule has 3 nitrogen and oxygen atoms in total. The molecule has 0 radical (unpaired) electrons. The first-order chi connectivity index (χ1) is 10.2. The fourth-order valence-corrected chi connectivity index (χ4v) is 2.16. The van der Waals surface area contributed by atoms with Crippen LogP contribution in [0.1, 0.15) is 31.1 Å². The molecule has 0 aromatic heterocycles. The molecule has 2 aromatic carbocycles. The zero-order valence-corrected chi connectivity index (χ0v) is 12.6. The Morgan fingerprint density at radius 3 is 2.57 bits per heavy atom. The minimum atomic E-state index is -0.710. The fraction of sp³-hybridized carbons (Fsp3) is 0.333. The second-order valence-electron chi connectivity index (χ2n) is 4.80. The predicted molar refractivity (Wildman–Crippen MR) is 83.9 cm³/mol. The van der Waals surface area contributed by atoms with Gasteiger partial charge in [-0.2, -0.15) is 0 Å². The standard InChI is InChI=1S/C18H22O3/c1-3-14-8-7-9-15(12-14)21-13-17(19)16-10-5-6-11-18(16)20-4-2/h5-12,17,19H,3-4,13H2,1-2H3. The van der Waals surface area contributed by atoms with Gasteiger partial charge in [-0.1, -0.05) is 37.3 Å². The summed E-state index contributed by atoms with van der Waals surface area (Å²) in [7, 11) is 0. The Morgan fingerprint density at radius 2 is 1.81 bits per heavy atom. The fourth-order valence-electron chi connectivity index (χ4n) is 2.16. The molecule has 3 heteroatoms. The van der Waals surface area contributed by atoms with E-state index < -0.39 is 6.10 Å². The zero-order chi connectivity index (χ0) is 15.1. The summed E-state index contributed by atoms with van der Waals surface area (Å²) in [5.74, 6) is 1.49. The molecular formula is C18H22O3. The highest BCUT2D eigenvalue weighted by molar-refractivity contribution is 5.35. The maximum absolute atomic E-state index is 10.3. The van der Waals surface area contributed by atoms with Crippen molar-refractivity contribution in [3.05, 3.63) is 59.7 Å². The van der Waals surface area contributed by atoms with Crippen molar-refractivity contribution in [3.8, 4) is 11.5 Å². The highest BCUT2D eigenvalue weighted by atomic mass is 16.5. The van der Waals surface area contributed by atoms with E-state index in [1.54, 1.807) is 0 Å². The summed E-state index contributed by atoms with van der Waals surface area (Å²) in [6.45, 7) is 4.81. The van der Waals surface area contributed by atoms with Gasteiger partial charge in [-0.05, 0) is 37.1 Å². The molecule has 0 heterocycles. The van der Waals surface area contributed by atoms with Gasteiger partial charge in [-0.15, -0.1) is 0 Å². The van der Waals surface area contributed by atoms with E-state index in [0.717, 1.165) is 17.7 Å². The minimum absolute atomic E-state index is 0.206. The smallest absolute Gasteiger partial charge is 0.125 e. The number of aliphatic hydroxyl groups is 1. The Hall–Kier alpha value is -2.00. The highest BCUT2D eigenvalue weighted by Crippen LogP contribution is 2.26. The summed E-state index contributed by atoms with van der Waals surface area (Å²) < 4.78 is 11.2. The first-order valence-electron chi connectivity index (χ1n) is 7.36. The van der Waals surface area contributed by atoms with Gasteiger partial charge in [0.1, 0.15) is 24.2 Å². The molecule has 0 bridgehead atoms. The van der Waals surface area contributed by atoms with Crippen LogP contribution < -0.4 is 9.47 Å². The van der Waals surface area contributed by atoms with Crippen LogP contribution in [0, 0.1) is 0 Å². The van der Waals surface area contributed by atoms with Crippen LogP contribution in [0.25, 0.3) is 0 Å². The normalized spacial score (nSPS) is 12.0. The lowest BCUT2D eigenvalue weighted by Crippen LogP contribution is -2.11. The second-order valence-corrected chi connectivity index (χ2v) is 4.80. The van der Waals surface area contributed by atoms with E-state index in [4.69, 9.17) is 9.47 Å². The van der Waals surface area contributed by atoms with E-state index in [1.165, 1.54) is 5.56 Å². The van der Waals surface area contributed by atoms with Gasteiger partial charge in [-0.25, -0.2) is 0 Å². The molecule has 0 saturated heterocycles. The van der Waals surface area contributed by atoms with Crippen molar-refractivity contribution in [2.45, 2.75) is 26.4 Å². The number of para-hydroxylation sites is 1. The lowest BCUT2D eigenvalue weighted by molar-refractivity contribution is 0.105. The van der Waals surface area contributed by atoms with Gasteiger partial charge in [0.05, 0.1) is 6.61 Å². The van der Waals surface area contributed by atoms with Crippen molar-refractivity contribution in [1.82, 2.24) is 0 Å². The third-order valence-electron chi connectivity index (χ3n) is 3.29. The summed E-state index contributed by atoms with van der Waals surface area (Å²) >= 11 is 0. The molecule has 112 valence electrons. The Bertz CT molecular complexity index is 566. The highest BCUT2D eigenvalue weighted by Gasteiger charge is 2.13. The minimum Gasteiger partial charge on any atom is -0.493 e. The zero-order valence-electron chi connectivity index (χ0n) is 12.6. The molecule has 0 aliphatic heterocycles. The Kier molecular flexibility index (Phi) is 5.64. The largest absolute Gasteiger partial charge is 0.493 e. The van der Waals surface area contributed by atoms with E-state index in [1.807, 2.05) is 49.4 Å². The average Bonchev–Trinajstić information content (AvgIpc) is 2.53. The van der Waals surface area contributed by atoms with Gasteiger partial charge in [0.25, 0.3) is 0 Å². The molecule has 0 aliphatic rings. The molecule has 0 fully saturated rings. The van der Waals surface area contributed by atoms with Crippen LogP contribution in [0.15, 0.2) is 48.5 Å². The second kappa shape index (κ2) is 7.70. The van der Waals surface area contributed by atoms with E-state index >= 15 is 0 Å². The maximum Gasteiger partial charge on any atom is 0.125 e. The number of ether oxygens (including phenoxy) is 2. The predicted octanol–water partition coefficient (Wildman–Crippen LogP) is 3.76. The quantitative estimate of drug-likeness (QED) is 0.842. The van der Waals surface area contributed by atoms with Crippen molar-refractivity contribution >= 4 is 0 Å². The van der Waals surface area contributed by atoms with Gasteiger partial charge in [0.2, 0.25) is 0 Å². The maximum atomic E-state index is 10.3. The Morgan fingerprint density at radius 1 is 1.00 bits per heavy atom. The molecule has 1 unspecified atom stereocenters. The van der Waals surface area contributed by atoms with E-state index in [-0.39, 0.29) is 6.61 Å². The van der Waals surface area contributed by atoms with Crippen LogP contribution in [-0.2, 0) is 6.42 Å². The van der Waals surface area contributed by atoms with Gasteiger partial charge in [0.15, 0.2) is 0 Å². The summed E-state index contributed by atoms with van der Waals surface area (Å²) in [5, 5.41) is 10.3. The molecule has 0 spiro atoms. The van der Waals surface area contributed by atoms with Crippen molar-refractivity contribution in [1.29, 1.82) is 0 Å². The Labute approximate surface area is 126 Å². The van der Waals surface area contributed by atoms with E-state index in [0.29, 0.717) is 12.4 Å². The number of rotatable bonds is 7. The third kappa shape index (κ3) is 4.23. The number of hydrogen-bond donors (Lipinski definition) is 1. The van der Waals surface area contributed by atoms with E-state index in [2.05, 4.69) is 13.0 Å². The lowest BCUT2D eigenvalue weighted by atomic mass is 10.1. The van der Waals surface area contributed by atoms with Crippen LogP contribution in [0.3, 0.4) is 0 Å². The summed E-state index contributed by atoms with van der Waals surface area (Å²) in [6, 6.07) is 15.4. The summed E-state index contributed by atoms with van der Waals surface area (Å²) in [5.41, 5.74) is 1.97. The van der Waals surface area contributed by atoms with Crippen molar-refractivity contribution in [2.75, 3.05) is 13.2 Å². The molecule has 0 aliphatic carbocycles. The molecule has 1 N–H and O–H groups in total. The van der Waals surface area contributed by atoms with Crippen molar-refractivity contribution < 1.29 is 14.6 Å². The lowest BCUT2D eigenvalue weighted by Gasteiger charge is -2.16. The first-order valence-corrected chi connectivity index (χ1v) is 7.36. The number of hydrogen-bond acceptors (Lipinski definition) is 3. The SMILES string of the molecule is CCOc1ccccc1C(O)COc1cccc(CC)c1. The van der Waals surface area contributed by atoms with Crippen LogP contribution in [0.5, 0.6) is 11.5 Å². The summed E-state index contributed by atoms with van der Waals surface area (Å²) in [6.07, 6.45) is 0.255. The molecule has 1 atom stereocenters. The molecule has 0 saturated carbocycles. The molecule has 21 heavy (non-hydrogen) atoms. The van der Waals surface area contributed by atoms with Gasteiger partial charge < -0.3 is 14.6 Å². The van der Waals surface area contributed by atoms with Crippen LogP contribution in [0.2, 0.25) is 0 Å². The van der Waals surface area contributed by atoms with Crippen molar-refractivity contribution in [3.63, 3.8) is 0 Å². The Balaban J connectivity index is 2.02. The van der Waals surface area contributed by atoms with E-state index in [9.17, 15) is 5.11 Å². The number of benzene rings is 2. The number of aliphatic hydroxyl groups excluding tert-OH is 1. The van der Waals surface area contributed by atoms with Gasteiger partial charge in [-0.3, -0.25) is 0 Å². The molecule has 2 aromatic rings. The average molecular weight is 286 g/mol. The first kappa shape index (κ1) is 15.4. The van der Waals surface area contributed by atoms with Crippen LogP contribution >= 0.6 is 0 Å². The van der Waals surface area contributed by atoms with Crippen molar-refractivity contribution in [2.24, 2.45) is 0 Å². The van der Waals surface area contributed by atoms with Gasteiger partial charge >= 0.3 is 0 Å². The topological polar surface area (TPSA) is 38.7 Å². The number of aryl methyl sites for hydroxylation is 1. The van der Waals surface area contributed by atoms with Gasteiger partial charge in [0, 0.05) is 5.56 Å².